The lowest BCUT2D eigenvalue weighted by molar-refractivity contribution is 1.46. The molecule has 3 aromatic carbocycles. The molecule has 0 bridgehead atoms. The van der Waals surface area contributed by atoms with Gasteiger partial charge in [-0.25, -0.2) is 0 Å². The van der Waals surface area contributed by atoms with Crippen molar-refractivity contribution in [2.45, 2.75) is 39.3 Å². The maximum Gasteiger partial charge on any atom is 0.100 e. The first kappa shape index (κ1) is 31.4. The SMILES string of the molecule is C[Si](C)(C)/C(C#N)=C1\C(c2cccc(C3=C(C#N)c4cc(C#N)ccc4/C3=C(\C#N)[Si](C)(C)C)c2)=C(C#N)c2cc(C#N)ccc21. The van der Waals surface area contributed by atoms with Crippen LogP contribution in [0.2, 0.25) is 39.3 Å². The standard InChI is InChI=1S/C38H28N6Si2/c1-45(2,3)33(21-43)37-27-12-10-23(17-39)14-29(27)31(19-41)35(37)25-8-7-9-26(16-25)36-32(20-42)30-15-24(18-40)11-13-28(30)38(36)34(22-44)46(4,5)6/h7-16H,1-6H3/b37-33-,38-34-. The van der Waals surface area contributed by atoms with Crippen molar-refractivity contribution in [1.82, 2.24) is 0 Å². The van der Waals surface area contributed by atoms with Crippen LogP contribution in [0.1, 0.15) is 44.5 Å². The van der Waals surface area contributed by atoms with Crippen molar-refractivity contribution in [2.24, 2.45) is 0 Å². The molecule has 8 heteroatoms. The predicted octanol–water partition coefficient (Wildman–Crippen LogP) is 8.64. The molecular formula is C38H28N6Si2. The molecule has 0 amide bonds. The van der Waals surface area contributed by atoms with E-state index in [2.05, 4.69) is 75.7 Å². The van der Waals surface area contributed by atoms with Gasteiger partial charge in [0.15, 0.2) is 0 Å². The molecule has 0 saturated heterocycles. The first-order chi connectivity index (χ1) is 21.8. The van der Waals surface area contributed by atoms with Gasteiger partial charge < -0.3 is 0 Å². The van der Waals surface area contributed by atoms with Crippen LogP contribution in [0.15, 0.2) is 71.1 Å². The third kappa shape index (κ3) is 5.00. The Kier molecular flexibility index (Phi) is 7.85. The Morgan fingerprint density at radius 3 is 1.17 bits per heavy atom. The van der Waals surface area contributed by atoms with Gasteiger partial charge in [0.2, 0.25) is 0 Å². The number of allylic oxidation sites excluding steroid dienone is 8. The Labute approximate surface area is 271 Å². The second-order valence-electron chi connectivity index (χ2n) is 13.3. The van der Waals surface area contributed by atoms with Crippen LogP contribution in [-0.2, 0) is 0 Å². The molecule has 0 radical (unpaired) electrons. The van der Waals surface area contributed by atoms with Crippen LogP contribution in [0.3, 0.4) is 0 Å². The number of hydrogen-bond acceptors (Lipinski definition) is 6. The first-order valence-electron chi connectivity index (χ1n) is 14.6. The minimum absolute atomic E-state index is 0.378. The molecule has 5 rings (SSSR count). The van der Waals surface area contributed by atoms with E-state index < -0.39 is 16.1 Å². The molecule has 6 nitrogen and oxygen atoms in total. The van der Waals surface area contributed by atoms with E-state index in [0.717, 1.165) is 11.1 Å². The fourth-order valence-corrected chi connectivity index (χ4v) is 8.91. The zero-order valence-corrected chi connectivity index (χ0v) is 28.5. The molecule has 0 heterocycles. The van der Waals surface area contributed by atoms with Crippen LogP contribution in [-0.4, -0.2) is 16.1 Å². The zero-order chi connectivity index (χ0) is 33.6. The third-order valence-electron chi connectivity index (χ3n) is 8.26. The molecule has 0 aromatic heterocycles. The van der Waals surface area contributed by atoms with Crippen molar-refractivity contribution in [1.29, 1.82) is 31.6 Å². The highest BCUT2D eigenvalue weighted by Crippen LogP contribution is 2.52. The van der Waals surface area contributed by atoms with Gasteiger partial charge in [0.1, 0.15) is 12.1 Å². The van der Waals surface area contributed by atoms with E-state index in [-0.39, 0.29) is 0 Å². The van der Waals surface area contributed by atoms with Crippen molar-refractivity contribution < 1.29 is 0 Å². The summed E-state index contributed by atoms with van der Waals surface area (Å²) in [5.41, 5.74) is 8.33. The van der Waals surface area contributed by atoms with Gasteiger partial charge in [0.05, 0.1) is 62.7 Å². The summed E-state index contributed by atoms with van der Waals surface area (Å²) in [5, 5.41) is 62.6. The molecule has 3 aromatic rings. The molecule has 0 spiro atoms. The van der Waals surface area contributed by atoms with Crippen molar-refractivity contribution in [2.75, 3.05) is 0 Å². The molecule has 0 aliphatic heterocycles. The largest absolute Gasteiger partial charge is 0.193 e. The van der Waals surface area contributed by atoms with E-state index in [4.69, 9.17) is 0 Å². The number of nitriles is 6. The van der Waals surface area contributed by atoms with Crippen LogP contribution in [0.5, 0.6) is 0 Å². The van der Waals surface area contributed by atoms with Crippen molar-refractivity contribution in [3.05, 3.63) is 116 Å². The number of benzene rings is 3. The highest BCUT2D eigenvalue weighted by atomic mass is 28.3. The van der Waals surface area contributed by atoms with Crippen molar-refractivity contribution in [3.8, 4) is 36.4 Å². The molecule has 0 fully saturated rings. The van der Waals surface area contributed by atoms with E-state index in [1.807, 2.05) is 36.4 Å². The molecule has 0 unspecified atom stereocenters. The van der Waals surface area contributed by atoms with E-state index in [9.17, 15) is 31.6 Å². The summed E-state index contributed by atoms with van der Waals surface area (Å²) in [6.07, 6.45) is 0. The lowest BCUT2D eigenvalue weighted by atomic mass is 9.90. The second kappa shape index (κ2) is 11.5. The summed E-state index contributed by atoms with van der Waals surface area (Å²) in [6.45, 7) is 12.5. The summed E-state index contributed by atoms with van der Waals surface area (Å²) in [6, 6.07) is 32.0. The quantitative estimate of drug-likeness (QED) is 0.210. The molecule has 0 saturated carbocycles. The van der Waals surface area contributed by atoms with Gasteiger partial charge in [0.25, 0.3) is 0 Å². The number of hydrogen-bond donors (Lipinski definition) is 0. The lowest BCUT2D eigenvalue weighted by Gasteiger charge is -2.22. The molecule has 0 N–H and O–H groups in total. The Hall–Kier alpha value is -6.01. The maximum atomic E-state index is 10.5. The van der Waals surface area contributed by atoms with Crippen LogP contribution in [0, 0.1) is 68.0 Å². The summed E-state index contributed by atoms with van der Waals surface area (Å²) < 4.78 is 0. The van der Waals surface area contributed by atoms with Gasteiger partial charge in [-0.2, -0.15) is 31.6 Å². The molecule has 218 valence electrons. The number of fused-ring (bicyclic) bond motifs is 2. The van der Waals surface area contributed by atoms with E-state index >= 15 is 0 Å². The van der Waals surface area contributed by atoms with Gasteiger partial charge >= 0.3 is 0 Å². The summed E-state index contributed by atoms with van der Waals surface area (Å²) in [5.74, 6) is 0. The highest BCUT2D eigenvalue weighted by Gasteiger charge is 2.37. The topological polar surface area (TPSA) is 143 Å². The number of nitrogens with zero attached hydrogens (tertiary/aromatic N) is 6. The highest BCUT2D eigenvalue weighted by molar-refractivity contribution is 6.86. The van der Waals surface area contributed by atoms with Gasteiger partial charge in [-0.1, -0.05) is 69.6 Å². The monoisotopic (exact) mass is 624 g/mol. The fourth-order valence-electron chi connectivity index (χ4n) is 6.22. The third-order valence-corrected chi connectivity index (χ3v) is 12.0. The Balaban J connectivity index is 1.90. The Morgan fingerprint density at radius 2 is 0.870 bits per heavy atom. The van der Waals surface area contributed by atoms with E-state index in [1.165, 1.54) is 0 Å². The van der Waals surface area contributed by atoms with Gasteiger partial charge in [-0.15, -0.1) is 0 Å². The second-order valence-corrected chi connectivity index (χ2v) is 23.3. The van der Waals surface area contributed by atoms with Crippen LogP contribution < -0.4 is 0 Å². The normalized spacial score (nSPS) is 15.8. The van der Waals surface area contributed by atoms with Crippen LogP contribution in [0.4, 0.5) is 0 Å². The Bertz CT molecular complexity index is 2120. The Morgan fingerprint density at radius 1 is 0.478 bits per heavy atom. The first-order valence-corrected chi connectivity index (χ1v) is 21.6. The van der Waals surface area contributed by atoms with E-state index in [0.29, 0.717) is 77.2 Å². The lowest BCUT2D eigenvalue weighted by Crippen LogP contribution is -2.24. The molecule has 2 aliphatic carbocycles. The van der Waals surface area contributed by atoms with Gasteiger partial charge in [-0.3, -0.25) is 0 Å². The van der Waals surface area contributed by atoms with Crippen LogP contribution >= 0.6 is 0 Å². The average Bonchev–Trinajstić information content (AvgIpc) is 3.52. The average molecular weight is 625 g/mol. The zero-order valence-electron chi connectivity index (χ0n) is 26.5. The summed E-state index contributed by atoms with van der Waals surface area (Å²) >= 11 is 0. The molecule has 46 heavy (non-hydrogen) atoms. The van der Waals surface area contributed by atoms with E-state index in [1.54, 1.807) is 24.3 Å². The smallest absolute Gasteiger partial charge is 0.100 e. The number of rotatable bonds is 4. The summed E-state index contributed by atoms with van der Waals surface area (Å²) in [4.78, 5) is 0. The van der Waals surface area contributed by atoms with Crippen molar-refractivity contribution >= 4 is 49.6 Å². The predicted molar refractivity (Wildman–Crippen MR) is 185 cm³/mol. The summed E-state index contributed by atoms with van der Waals surface area (Å²) in [7, 11) is -4.45. The molecule has 0 atom stereocenters. The maximum absolute atomic E-state index is 10.5. The minimum atomic E-state index is -2.23. The molecular weight excluding hydrogens is 597 g/mol. The minimum Gasteiger partial charge on any atom is -0.193 e. The molecule has 2 aliphatic rings. The van der Waals surface area contributed by atoms with Gasteiger partial charge in [-0.05, 0) is 52.6 Å². The van der Waals surface area contributed by atoms with Crippen LogP contribution in [0.25, 0.3) is 33.4 Å². The fraction of sp³-hybridized carbons (Fsp3) is 0.158. The van der Waals surface area contributed by atoms with Gasteiger partial charge in [0, 0.05) is 43.8 Å². The van der Waals surface area contributed by atoms with Crippen molar-refractivity contribution in [3.63, 3.8) is 0 Å².